The van der Waals surface area contributed by atoms with E-state index in [1.54, 1.807) is 36.5 Å². The average Bonchev–Trinajstić information content (AvgIpc) is 3.10. The van der Waals surface area contributed by atoms with Gasteiger partial charge >= 0.3 is 6.18 Å². The fourth-order valence-electron chi connectivity index (χ4n) is 3.42. The normalized spacial score (nSPS) is 17.0. The molecule has 0 bridgehead atoms. The summed E-state index contributed by atoms with van der Waals surface area (Å²) in [7, 11) is 0. The van der Waals surface area contributed by atoms with Crippen molar-refractivity contribution >= 4 is 51.7 Å². The Morgan fingerprint density at radius 1 is 1.17 bits per heavy atom. The first-order chi connectivity index (χ1) is 17.1. The number of nitrogens with zero attached hydrogens (tertiary/aromatic N) is 3. The fourth-order valence-corrected chi connectivity index (χ4v) is 4.73. The van der Waals surface area contributed by atoms with E-state index in [2.05, 4.69) is 15.3 Å². The maximum absolute atomic E-state index is 13.3. The molecule has 1 saturated heterocycles. The van der Waals surface area contributed by atoms with E-state index in [0.29, 0.717) is 11.4 Å². The lowest BCUT2D eigenvalue weighted by Crippen LogP contribution is -2.33. The van der Waals surface area contributed by atoms with Gasteiger partial charge in [-0.3, -0.25) is 19.5 Å². The molecule has 36 heavy (non-hydrogen) atoms. The molecule has 1 aliphatic rings. The number of carbonyl (C=O) groups excluding carboxylic acids is 2. The summed E-state index contributed by atoms with van der Waals surface area (Å²) in [6.45, 7) is 1.96. The molecular formula is C25H20ClF3N4O2S. The number of hydrogen-bond acceptors (Lipinski definition) is 5. The summed E-state index contributed by atoms with van der Waals surface area (Å²) in [5.41, 5.74) is 1.15. The van der Waals surface area contributed by atoms with Gasteiger partial charge in [0.15, 0.2) is 5.17 Å². The number of benzene rings is 2. The molecular weight excluding hydrogens is 513 g/mol. The molecule has 0 spiro atoms. The average molecular weight is 533 g/mol. The van der Waals surface area contributed by atoms with Crippen LogP contribution in [0.3, 0.4) is 0 Å². The number of amidine groups is 1. The van der Waals surface area contributed by atoms with Gasteiger partial charge in [-0.05, 0) is 49.4 Å². The lowest BCUT2D eigenvalue weighted by molar-refractivity contribution is -0.137. The first-order valence-corrected chi connectivity index (χ1v) is 12.1. The van der Waals surface area contributed by atoms with Crippen LogP contribution in [-0.2, 0) is 22.3 Å². The van der Waals surface area contributed by atoms with Crippen LogP contribution < -0.4 is 5.32 Å². The predicted octanol–water partition coefficient (Wildman–Crippen LogP) is 6.22. The summed E-state index contributed by atoms with van der Waals surface area (Å²) >= 11 is 7.13. The molecule has 2 amide bonds. The van der Waals surface area contributed by atoms with Gasteiger partial charge in [-0.1, -0.05) is 47.1 Å². The Bertz CT molecular complexity index is 1300. The Kier molecular flexibility index (Phi) is 7.65. The van der Waals surface area contributed by atoms with Crippen LogP contribution in [0.15, 0.2) is 71.9 Å². The third-order valence-electron chi connectivity index (χ3n) is 5.26. The van der Waals surface area contributed by atoms with Crippen molar-refractivity contribution in [2.75, 3.05) is 5.32 Å². The summed E-state index contributed by atoms with van der Waals surface area (Å²) in [5.74, 6) is -0.771. The zero-order chi connectivity index (χ0) is 25.9. The first kappa shape index (κ1) is 25.7. The van der Waals surface area contributed by atoms with E-state index in [9.17, 15) is 22.8 Å². The highest BCUT2D eigenvalue weighted by Gasteiger charge is 2.40. The Morgan fingerprint density at radius 2 is 1.92 bits per heavy atom. The standard InChI is InChI=1S/C25H20ClF3N4O2S/c1-15-5-8-17(9-6-15)31-22(34)13-21-23(35)33(14-18-4-2-3-11-30-18)24(36-21)32-20-12-16(25(27,28)29)7-10-19(20)26/h2-12,21H,13-14H2,1H3,(H,31,34). The zero-order valence-electron chi connectivity index (χ0n) is 18.9. The number of rotatable bonds is 6. The van der Waals surface area contributed by atoms with Crippen LogP contribution in [0.25, 0.3) is 0 Å². The highest BCUT2D eigenvalue weighted by Crippen LogP contribution is 2.38. The summed E-state index contributed by atoms with van der Waals surface area (Å²) in [6.07, 6.45) is -3.16. The van der Waals surface area contributed by atoms with E-state index in [0.717, 1.165) is 35.5 Å². The van der Waals surface area contributed by atoms with Gasteiger partial charge in [-0.15, -0.1) is 0 Å². The number of amides is 2. The molecule has 4 rings (SSSR count). The van der Waals surface area contributed by atoms with E-state index >= 15 is 0 Å². The lowest BCUT2D eigenvalue weighted by Gasteiger charge is -2.16. The van der Waals surface area contributed by atoms with E-state index in [4.69, 9.17) is 11.6 Å². The summed E-state index contributed by atoms with van der Waals surface area (Å²) in [5, 5.41) is 2.08. The fraction of sp³-hybridized carbons (Fsp3) is 0.200. The van der Waals surface area contributed by atoms with Crippen molar-refractivity contribution in [2.45, 2.75) is 31.3 Å². The molecule has 1 N–H and O–H groups in total. The van der Waals surface area contributed by atoms with Crippen LogP contribution in [-0.4, -0.2) is 32.1 Å². The highest BCUT2D eigenvalue weighted by atomic mass is 35.5. The van der Waals surface area contributed by atoms with Crippen LogP contribution in [0.5, 0.6) is 0 Å². The maximum Gasteiger partial charge on any atom is 0.416 e. The molecule has 2 aromatic carbocycles. The summed E-state index contributed by atoms with van der Waals surface area (Å²) < 4.78 is 39.7. The molecule has 1 aromatic heterocycles. The number of aromatic nitrogens is 1. The van der Waals surface area contributed by atoms with Gasteiger partial charge in [0.05, 0.1) is 28.5 Å². The van der Waals surface area contributed by atoms with Crippen LogP contribution >= 0.6 is 23.4 Å². The SMILES string of the molecule is Cc1ccc(NC(=O)CC2SC(=Nc3cc(C(F)(F)F)ccc3Cl)N(Cc3ccccn3)C2=O)cc1. The third kappa shape index (κ3) is 6.24. The smallest absolute Gasteiger partial charge is 0.326 e. The van der Waals surface area contributed by atoms with Crippen molar-refractivity contribution in [1.29, 1.82) is 0 Å². The highest BCUT2D eigenvalue weighted by molar-refractivity contribution is 8.15. The second-order valence-electron chi connectivity index (χ2n) is 8.03. The van der Waals surface area contributed by atoms with Gasteiger partial charge in [0.25, 0.3) is 0 Å². The van der Waals surface area contributed by atoms with Gasteiger partial charge in [0.1, 0.15) is 5.25 Å². The molecule has 1 atom stereocenters. The number of hydrogen-bond donors (Lipinski definition) is 1. The van der Waals surface area contributed by atoms with Gasteiger partial charge < -0.3 is 5.32 Å². The Hall–Kier alpha value is -3.37. The topological polar surface area (TPSA) is 74.7 Å². The van der Waals surface area contributed by atoms with Crippen LogP contribution in [0.4, 0.5) is 24.5 Å². The number of carbonyl (C=O) groups is 2. The lowest BCUT2D eigenvalue weighted by atomic mass is 10.2. The quantitative estimate of drug-likeness (QED) is 0.409. The third-order valence-corrected chi connectivity index (χ3v) is 6.76. The van der Waals surface area contributed by atoms with Gasteiger partial charge in [-0.25, -0.2) is 4.99 Å². The number of anilines is 1. The number of alkyl halides is 3. The van der Waals surface area contributed by atoms with Crippen LogP contribution in [0, 0.1) is 6.92 Å². The number of halogens is 4. The molecule has 1 fully saturated rings. The van der Waals surface area contributed by atoms with E-state index in [1.807, 2.05) is 19.1 Å². The van der Waals surface area contributed by atoms with Gasteiger partial charge in [-0.2, -0.15) is 13.2 Å². The van der Waals surface area contributed by atoms with E-state index < -0.39 is 22.9 Å². The molecule has 186 valence electrons. The summed E-state index contributed by atoms with van der Waals surface area (Å²) in [4.78, 5) is 35.7. The van der Waals surface area contributed by atoms with Gasteiger partial charge in [0.2, 0.25) is 11.8 Å². The second-order valence-corrected chi connectivity index (χ2v) is 9.61. The minimum atomic E-state index is -4.58. The number of aliphatic imine (C=N–C) groups is 1. The van der Waals surface area contributed by atoms with Crippen molar-refractivity contribution in [1.82, 2.24) is 9.88 Å². The Labute approximate surface area is 214 Å². The molecule has 0 radical (unpaired) electrons. The number of nitrogens with one attached hydrogen (secondary N) is 1. The van der Waals surface area contributed by atoms with Crippen molar-refractivity contribution in [3.63, 3.8) is 0 Å². The molecule has 6 nitrogen and oxygen atoms in total. The van der Waals surface area contributed by atoms with Crippen molar-refractivity contribution < 1.29 is 22.8 Å². The molecule has 0 saturated carbocycles. The van der Waals surface area contributed by atoms with Crippen molar-refractivity contribution in [3.05, 3.63) is 88.7 Å². The number of pyridine rings is 1. The Balaban J connectivity index is 1.61. The zero-order valence-corrected chi connectivity index (χ0v) is 20.5. The number of thioether (sulfide) groups is 1. The minimum absolute atomic E-state index is 0.00176. The van der Waals surface area contributed by atoms with E-state index in [-0.39, 0.29) is 34.8 Å². The predicted molar refractivity (Wildman–Crippen MR) is 134 cm³/mol. The molecule has 0 aliphatic carbocycles. The first-order valence-electron chi connectivity index (χ1n) is 10.8. The van der Waals surface area contributed by atoms with Crippen LogP contribution in [0.2, 0.25) is 5.02 Å². The van der Waals surface area contributed by atoms with Crippen LogP contribution in [0.1, 0.15) is 23.2 Å². The molecule has 1 aliphatic heterocycles. The monoisotopic (exact) mass is 532 g/mol. The maximum atomic E-state index is 13.3. The minimum Gasteiger partial charge on any atom is -0.326 e. The van der Waals surface area contributed by atoms with Gasteiger partial charge in [0, 0.05) is 18.3 Å². The summed E-state index contributed by atoms with van der Waals surface area (Å²) in [6, 6.07) is 15.2. The molecule has 2 heterocycles. The molecule has 11 heteroatoms. The molecule has 3 aromatic rings. The second kappa shape index (κ2) is 10.7. The Morgan fingerprint density at radius 3 is 2.58 bits per heavy atom. The molecule has 1 unspecified atom stereocenters. The van der Waals surface area contributed by atoms with Crippen molar-refractivity contribution in [2.24, 2.45) is 4.99 Å². The van der Waals surface area contributed by atoms with E-state index in [1.165, 1.54) is 4.90 Å². The largest absolute Gasteiger partial charge is 0.416 e. The number of aryl methyl sites for hydroxylation is 1. The van der Waals surface area contributed by atoms with Crippen molar-refractivity contribution in [3.8, 4) is 0 Å².